The first kappa shape index (κ1) is 25.8. The summed E-state index contributed by atoms with van der Waals surface area (Å²) in [7, 11) is 1.25. The molecular weight excluding hydrogens is 427 g/mol. The Morgan fingerprint density at radius 1 is 0.909 bits per heavy atom. The molecule has 7 nitrogen and oxygen atoms in total. The highest BCUT2D eigenvalue weighted by molar-refractivity contribution is 5.89. The Bertz CT molecular complexity index is 926. The fourth-order valence-electron chi connectivity index (χ4n) is 3.14. The van der Waals surface area contributed by atoms with E-state index in [1.54, 1.807) is 32.9 Å². The van der Waals surface area contributed by atoms with Crippen molar-refractivity contribution in [1.29, 1.82) is 0 Å². The number of carbonyl (C=O) groups excluding carboxylic acids is 3. The molecule has 0 radical (unpaired) electrons. The number of alkyl carbamates (subject to hydrolysis) is 1. The summed E-state index contributed by atoms with van der Waals surface area (Å²) in [5, 5.41) is 5.27. The van der Waals surface area contributed by atoms with Gasteiger partial charge in [0, 0.05) is 6.42 Å². The maximum atomic E-state index is 13.2. The number of hydrogen-bond donors (Lipinski definition) is 2. The highest BCUT2D eigenvalue weighted by Gasteiger charge is 2.29. The molecule has 2 rings (SSSR count). The van der Waals surface area contributed by atoms with Crippen molar-refractivity contribution in [1.82, 2.24) is 10.6 Å². The fraction of sp³-hybridized carbons (Fsp3) is 0.400. The Labute approximate surface area is 193 Å². The lowest BCUT2D eigenvalue weighted by molar-refractivity contribution is -0.145. The summed E-state index contributed by atoms with van der Waals surface area (Å²) in [5.41, 5.74) is 0.898. The van der Waals surface area contributed by atoms with Crippen molar-refractivity contribution >= 4 is 18.0 Å². The lowest BCUT2D eigenvalue weighted by atomic mass is 10.0. The van der Waals surface area contributed by atoms with Gasteiger partial charge in [-0.05, 0) is 56.9 Å². The van der Waals surface area contributed by atoms with Gasteiger partial charge in [-0.2, -0.15) is 0 Å². The lowest BCUT2D eigenvalue weighted by Crippen LogP contribution is -2.53. The zero-order chi connectivity index (χ0) is 24.4. The topological polar surface area (TPSA) is 93.7 Å². The van der Waals surface area contributed by atoms with E-state index in [2.05, 4.69) is 10.6 Å². The first-order valence-electron chi connectivity index (χ1n) is 10.7. The summed E-state index contributed by atoms with van der Waals surface area (Å²) in [6, 6.07) is 13.2. The first-order chi connectivity index (χ1) is 15.6. The molecule has 0 heterocycles. The number of ether oxygens (including phenoxy) is 2. The molecule has 0 fully saturated rings. The Hall–Kier alpha value is -3.42. The van der Waals surface area contributed by atoms with E-state index in [1.807, 2.05) is 30.3 Å². The maximum Gasteiger partial charge on any atom is 0.408 e. The molecule has 0 aliphatic rings. The molecule has 2 atom stereocenters. The van der Waals surface area contributed by atoms with Gasteiger partial charge in [-0.25, -0.2) is 14.0 Å². The predicted octanol–water partition coefficient (Wildman–Crippen LogP) is 3.55. The zero-order valence-electron chi connectivity index (χ0n) is 19.4. The third kappa shape index (κ3) is 9.31. The maximum absolute atomic E-state index is 13.2. The molecule has 2 amide bonds. The first-order valence-corrected chi connectivity index (χ1v) is 10.7. The molecule has 2 aromatic carbocycles. The second kappa shape index (κ2) is 12.0. The summed E-state index contributed by atoms with van der Waals surface area (Å²) in [6.07, 6.45) is 0.0987. The van der Waals surface area contributed by atoms with Crippen molar-refractivity contribution in [3.8, 4) is 0 Å². The van der Waals surface area contributed by atoms with Gasteiger partial charge in [0.05, 0.1) is 7.11 Å². The highest BCUT2D eigenvalue weighted by Crippen LogP contribution is 2.11. The minimum atomic E-state index is -0.979. The smallest absolute Gasteiger partial charge is 0.408 e. The molecule has 0 saturated heterocycles. The van der Waals surface area contributed by atoms with E-state index in [4.69, 9.17) is 9.47 Å². The van der Waals surface area contributed by atoms with Crippen LogP contribution in [-0.2, 0) is 31.9 Å². The van der Waals surface area contributed by atoms with Crippen LogP contribution in [0.3, 0.4) is 0 Å². The van der Waals surface area contributed by atoms with Crippen LogP contribution in [0.15, 0.2) is 54.6 Å². The standard InChI is InChI=1S/C25H31FN2O5/c1-25(2,3)33-24(31)28-20(15-12-17-10-13-19(26)14-11-17)22(29)27-21(23(30)32-4)16-18-8-6-5-7-9-18/h5-11,13-14,20-21H,12,15-16H2,1-4H3,(H,27,29)(H,28,31)/t20-,21-/m1/s1. The SMILES string of the molecule is COC(=O)[C@@H](Cc1ccccc1)NC(=O)[C@@H](CCc1ccc(F)cc1)NC(=O)OC(C)(C)C. The van der Waals surface area contributed by atoms with Crippen LogP contribution in [-0.4, -0.2) is 42.8 Å². The molecule has 2 aromatic rings. The Morgan fingerprint density at radius 2 is 1.55 bits per heavy atom. The minimum absolute atomic E-state index is 0.218. The van der Waals surface area contributed by atoms with Crippen LogP contribution in [0.25, 0.3) is 0 Å². The van der Waals surface area contributed by atoms with Gasteiger partial charge in [0.1, 0.15) is 23.5 Å². The Balaban J connectivity index is 2.15. The van der Waals surface area contributed by atoms with Gasteiger partial charge < -0.3 is 20.1 Å². The van der Waals surface area contributed by atoms with Gasteiger partial charge in [-0.1, -0.05) is 42.5 Å². The highest BCUT2D eigenvalue weighted by atomic mass is 19.1. The number of aryl methyl sites for hydroxylation is 1. The largest absolute Gasteiger partial charge is 0.467 e. The van der Waals surface area contributed by atoms with Gasteiger partial charge in [-0.15, -0.1) is 0 Å². The molecule has 0 spiro atoms. The second-order valence-electron chi connectivity index (χ2n) is 8.64. The Morgan fingerprint density at radius 3 is 2.12 bits per heavy atom. The van der Waals surface area contributed by atoms with E-state index in [-0.39, 0.29) is 18.7 Å². The van der Waals surface area contributed by atoms with Crippen LogP contribution in [0.4, 0.5) is 9.18 Å². The fourth-order valence-corrected chi connectivity index (χ4v) is 3.14. The number of halogens is 1. The third-order valence-corrected chi connectivity index (χ3v) is 4.73. The summed E-state index contributed by atoms with van der Waals surface area (Å²) >= 11 is 0. The molecule has 0 aromatic heterocycles. The van der Waals surface area contributed by atoms with Crippen LogP contribution >= 0.6 is 0 Å². The molecule has 8 heteroatoms. The molecule has 0 aliphatic carbocycles. The van der Waals surface area contributed by atoms with E-state index in [0.29, 0.717) is 6.42 Å². The number of esters is 1. The number of carbonyl (C=O) groups is 3. The molecule has 0 saturated carbocycles. The van der Waals surface area contributed by atoms with Crippen molar-refractivity contribution in [3.63, 3.8) is 0 Å². The molecule has 2 N–H and O–H groups in total. The lowest BCUT2D eigenvalue weighted by Gasteiger charge is -2.25. The molecule has 178 valence electrons. The van der Waals surface area contributed by atoms with E-state index in [9.17, 15) is 18.8 Å². The number of rotatable bonds is 9. The van der Waals surface area contributed by atoms with Crippen molar-refractivity contribution in [3.05, 3.63) is 71.5 Å². The number of hydrogen-bond acceptors (Lipinski definition) is 5. The van der Waals surface area contributed by atoms with Crippen LogP contribution in [0.1, 0.15) is 38.3 Å². The summed E-state index contributed by atoms with van der Waals surface area (Å²) < 4.78 is 23.3. The number of amides is 2. The number of benzene rings is 2. The summed E-state index contributed by atoms with van der Waals surface area (Å²) in [5.74, 6) is -1.50. The average molecular weight is 459 g/mol. The number of methoxy groups -OCH3 is 1. The second-order valence-corrected chi connectivity index (χ2v) is 8.64. The van der Waals surface area contributed by atoms with Gasteiger partial charge in [0.25, 0.3) is 0 Å². The van der Waals surface area contributed by atoms with Crippen LogP contribution in [0, 0.1) is 5.82 Å². The quantitative estimate of drug-likeness (QED) is 0.561. The van der Waals surface area contributed by atoms with Crippen LogP contribution in [0.5, 0.6) is 0 Å². The molecule has 33 heavy (non-hydrogen) atoms. The zero-order valence-corrected chi connectivity index (χ0v) is 19.4. The summed E-state index contributed by atoms with van der Waals surface area (Å²) in [6.45, 7) is 5.15. The van der Waals surface area contributed by atoms with Gasteiger partial charge in [-0.3, -0.25) is 4.79 Å². The molecular formula is C25H31FN2O5. The molecule has 0 bridgehead atoms. The van der Waals surface area contributed by atoms with Crippen molar-refractivity contribution < 1.29 is 28.2 Å². The van der Waals surface area contributed by atoms with E-state index in [1.165, 1.54) is 19.2 Å². The normalized spacial score (nSPS) is 12.9. The van der Waals surface area contributed by atoms with E-state index < -0.39 is 35.7 Å². The summed E-state index contributed by atoms with van der Waals surface area (Å²) in [4.78, 5) is 37.7. The monoisotopic (exact) mass is 458 g/mol. The van der Waals surface area contributed by atoms with Gasteiger partial charge >= 0.3 is 12.1 Å². The van der Waals surface area contributed by atoms with E-state index >= 15 is 0 Å². The van der Waals surface area contributed by atoms with Crippen molar-refractivity contribution in [2.75, 3.05) is 7.11 Å². The van der Waals surface area contributed by atoms with Crippen molar-refractivity contribution in [2.24, 2.45) is 0 Å². The molecule has 0 aliphatic heterocycles. The van der Waals surface area contributed by atoms with Crippen LogP contribution < -0.4 is 10.6 Å². The minimum Gasteiger partial charge on any atom is -0.467 e. The number of nitrogens with one attached hydrogen (secondary N) is 2. The van der Waals surface area contributed by atoms with Crippen molar-refractivity contribution in [2.45, 2.75) is 57.7 Å². The average Bonchev–Trinajstić information content (AvgIpc) is 2.76. The van der Waals surface area contributed by atoms with Crippen LogP contribution in [0.2, 0.25) is 0 Å². The molecule has 0 unspecified atom stereocenters. The Kier molecular flexibility index (Phi) is 9.39. The third-order valence-electron chi connectivity index (χ3n) is 4.73. The van der Waals surface area contributed by atoms with Gasteiger partial charge in [0.2, 0.25) is 5.91 Å². The predicted molar refractivity (Wildman–Crippen MR) is 122 cm³/mol. The van der Waals surface area contributed by atoms with Gasteiger partial charge in [0.15, 0.2) is 0 Å². The van der Waals surface area contributed by atoms with E-state index in [0.717, 1.165) is 11.1 Å².